The van der Waals surface area contributed by atoms with Crippen LogP contribution in [0.15, 0.2) is 66.7 Å². The zero-order chi connectivity index (χ0) is 25.8. The number of hydrogen-bond donors (Lipinski definition) is 1. The minimum atomic E-state index is -0.819. The smallest absolute Gasteiger partial charge is 0.326 e. The summed E-state index contributed by atoms with van der Waals surface area (Å²) < 4.78 is 5.12. The Morgan fingerprint density at radius 1 is 0.838 bits per heavy atom. The summed E-state index contributed by atoms with van der Waals surface area (Å²) in [5, 5.41) is 3.15. The van der Waals surface area contributed by atoms with Gasteiger partial charge >= 0.3 is 5.97 Å². The van der Waals surface area contributed by atoms with Gasteiger partial charge in [0.1, 0.15) is 6.54 Å². The summed E-state index contributed by atoms with van der Waals surface area (Å²) in [7, 11) is 0. The van der Waals surface area contributed by atoms with Crippen LogP contribution in [0, 0.1) is 18.8 Å². The van der Waals surface area contributed by atoms with Crippen LogP contribution < -0.4 is 5.32 Å². The number of likely N-dealkylation sites (tertiary alicyclic amines) is 1. The average Bonchev–Trinajstić information content (AvgIpc) is 3.15. The third-order valence-electron chi connectivity index (χ3n) is 7.73. The maximum Gasteiger partial charge on any atom is 0.326 e. The molecule has 0 saturated carbocycles. The Kier molecular flexibility index (Phi) is 5.60. The molecule has 37 heavy (non-hydrogen) atoms. The number of halogens is 1. The average molecular weight is 515 g/mol. The Labute approximate surface area is 218 Å². The van der Waals surface area contributed by atoms with Gasteiger partial charge in [0.2, 0.25) is 11.8 Å². The van der Waals surface area contributed by atoms with Crippen LogP contribution in [0.2, 0.25) is 5.02 Å². The quantitative estimate of drug-likeness (QED) is 0.410. The lowest BCUT2D eigenvalue weighted by molar-refractivity contribution is -0.154. The van der Waals surface area contributed by atoms with Crippen molar-refractivity contribution < 1.29 is 23.9 Å². The van der Waals surface area contributed by atoms with E-state index in [9.17, 15) is 19.2 Å². The van der Waals surface area contributed by atoms with Crippen molar-refractivity contribution >= 4 is 41.0 Å². The number of nitrogens with zero attached hydrogens (tertiary/aromatic N) is 1. The first-order valence-electron chi connectivity index (χ1n) is 12.1. The molecule has 7 rings (SSSR count). The van der Waals surface area contributed by atoms with E-state index in [1.807, 2.05) is 48.5 Å². The van der Waals surface area contributed by atoms with Crippen LogP contribution in [0.5, 0.6) is 0 Å². The normalized spacial score (nSPS) is 22.8. The van der Waals surface area contributed by atoms with E-state index in [2.05, 4.69) is 5.32 Å². The predicted molar refractivity (Wildman–Crippen MR) is 136 cm³/mol. The Hall–Kier alpha value is -3.97. The molecular formula is C29H23ClN2O5. The Bertz CT molecular complexity index is 1370. The van der Waals surface area contributed by atoms with Gasteiger partial charge < -0.3 is 10.1 Å². The van der Waals surface area contributed by atoms with E-state index in [-0.39, 0.29) is 23.7 Å². The molecule has 2 bridgehead atoms. The molecule has 1 saturated heterocycles. The van der Waals surface area contributed by atoms with Crippen LogP contribution in [-0.4, -0.2) is 41.7 Å². The van der Waals surface area contributed by atoms with E-state index in [0.717, 1.165) is 27.2 Å². The van der Waals surface area contributed by atoms with Gasteiger partial charge in [-0.05, 0) is 46.9 Å². The van der Waals surface area contributed by atoms with Crippen LogP contribution in [0.25, 0.3) is 0 Å². The molecule has 2 atom stereocenters. The molecule has 1 aliphatic heterocycles. The van der Waals surface area contributed by atoms with Gasteiger partial charge in [-0.2, -0.15) is 0 Å². The van der Waals surface area contributed by atoms with Crippen LogP contribution in [0.1, 0.15) is 39.7 Å². The second kappa shape index (κ2) is 8.85. The largest absolute Gasteiger partial charge is 0.454 e. The number of imide groups is 1. The monoisotopic (exact) mass is 514 g/mol. The molecule has 1 N–H and O–H groups in total. The molecule has 1 fully saturated rings. The van der Waals surface area contributed by atoms with Crippen molar-refractivity contribution in [3.05, 3.63) is 99.6 Å². The van der Waals surface area contributed by atoms with Gasteiger partial charge in [-0.3, -0.25) is 24.1 Å². The molecule has 1 heterocycles. The molecule has 3 aliphatic carbocycles. The molecule has 0 unspecified atom stereocenters. The van der Waals surface area contributed by atoms with Crippen molar-refractivity contribution in [3.63, 3.8) is 0 Å². The highest BCUT2D eigenvalue weighted by Gasteiger charge is 2.61. The van der Waals surface area contributed by atoms with E-state index < -0.39 is 36.9 Å². The van der Waals surface area contributed by atoms with Gasteiger partial charge in [0.25, 0.3) is 5.91 Å². The van der Waals surface area contributed by atoms with E-state index in [0.29, 0.717) is 16.3 Å². The van der Waals surface area contributed by atoms with Crippen molar-refractivity contribution in [2.45, 2.75) is 18.8 Å². The van der Waals surface area contributed by atoms with E-state index >= 15 is 0 Å². The van der Waals surface area contributed by atoms with Crippen molar-refractivity contribution in [3.8, 4) is 0 Å². The van der Waals surface area contributed by atoms with Gasteiger partial charge in [-0.15, -0.1) is 0 Å². The molecule has 4 aliphatic rings. The molecule has 3 amide bonds. The third-order valence-corrected chi connectivity index (χ3v) is 8.14. The molecule has 8 heteroatoms. The summed E-state index contributed by atoms with van der Waals surface area (Å²) in [5.74, 6) is -3.72. The standard InChI is InChI=1S/C29H23ClN2O5/c1-15-20(30)11-6-12-21(15)31-22(33)14-37-23(34)13-32-28(35)26-24-16-7-2-3-8-17(16)25(27(26)29(32)36)19-10-5-4-9-18(19)24/h2-12,24-27H,13-14H2,1H3,(H,31,33)/t24?,25?,26-,27-/m1/s1. The number of hydrogen-bond acceptors (Lipinski definition) is 5. The molecule has 186 valence electrons. The van der Waals surface area contributed by atoms with Gasteiger partial charge in [0.15, 0.2) is 6.61 Å². The summed E-state index contributed by atoms with van der Waals surface area (Å²) >= 11 is 6.08. The Morgan fingerprint density at radius 2 is 1.35 bits per heavy atom. The molecule has 3 aromatic carbocycles. The number of anilines is 1. The second-order valence-corrected chi connectivity index (χ2v) is 10.1. The first-order chi connectivity index (χ1) is 17.9. The summed E-state index contributed by atoms with van der Waals surface area (Å²) in [6.45, 7) is 0.688. The lowest BCUT2D eigenvalue weighted by atomic mass is 9.55. The second-order valence-electron chi connectivity index (χ2n) is 9.65. The molecule has 0 radical (unpaired) electrons. The highest BCUT2D eigenvalue weighted by atomic mass is 35.5. The summed E-state index contributed by atoms with van der Waals surface area (Å²) in [6.07, 6.45) is 0. The van der Waals surface area contributed by atoms with Gasteiger partial charge in [-0.1, -0.05) is 66.2 Å². The maximum absolute atomic E-state index is 13.5. The molecular weight excluding hydrogens is 492 g/mol. The van der Waals surface area contributed by atoms with Crippen LogP contribution in [-0.2, 0) is 23.9 Å². The predicted octanol–water partition coefficient (Wildman–Crippen LogP) is 4.02. The van der Waals surface area contributed by atoms with Gasteiger partial charge in [0.05, 0.1) is 11.8 Å². The fourth-order valence-electron chi connectivity index (χ4n) is 6.14. The zero-order valence-corrected chi connectivity index (χ0v) is 20.7. The highest BCUT2D eigenvalue weighted by Crippen LogP contribution is 2.60. The summed E-state index contributed by atoms with van der Waals surface area (Å²) in [6, 6.07) is 21.0. The molecule has 0 spiro atoms. The van der Waals surface area contributed by atoms with Crippen molar-refractivity contribution in [2.75, 3.05) is 18.5 Å². The van der Waals surface area contributed by atoms with E-state index in [1.54, 1.807) is 25.1 Å². The number of nitrogens with one attached hydrogen (secondary N) is 1. The fraction of sp³-hybridized carbons (Fsp3) is 0.241. The van der Waals surface area contributed by atoms with Crippen LogP contribution in [0.4, 0.5) is 5.69 Å². The van der Waals surface area contributed by atoms with Crippen molar-refractivity contribution in [1.29, 1.82) is 0 Å². The van der Waals surface area contributed by atoms with E-state index in [4.69, 9.17) is 16.3 Å². The molecule has 0 aromatic heterocycles. The number of rotatable bonds is 5. The topological polar surface area (TPSA) is 92.8 Å². The fourth-order valence-corrected chi connectivity index (χ4v) is 6.32. The maximum atomic E-state index is 13.5. The number of ether oxygens (including phenoxy) is 1. The summed E-state index contributed by atoms with van der Waals surface area (Å²) in [5.41, 5.74) is 5.45. The first-order valence-corrected chi connectivity index (χ1v) is 12.5. The minimum Gasteiger partial charge on any atom is -0.454 e. The Morgan fingerprint density at radius 3 is 1.86 bits per heavy atom. The number of carbonyl (C=O) groups is 4. The third kappa shape index (κ3) is 3.64. The van der Waals surface area contributed by atoms with Crippen LogP contribution in [0.3, 0.4) is 0 Å². The lowest BCUT2D eigenvalue weighted by Crippen LogP contribution is -2.41. The SMILES string of the molecule is Cc1c(Cl)cccc1NC(=O)COC(=O)CN1C(=O)[C@@H]2C3c4ccccc4C(c4ccccc43)[C@H]2C1=O. The lowest BCUT2D eigenvalue weighted by Gasteiger charge is -2.45. The first kappa shape index (κ1) is 23.4. The minimum absolute atomic E-state index is 0.244. The van der Waals surface area contributed by atoms with Crippen molar-refractivity contribution in [2.24, 2.45) is 11.8 Å². The number of amides is 3. The Balaban J connectivity index is 1.18. The van der Waals surface area contributed by atoms with Gasteiger partial charge in [-0.25, -0.2) is 0 Å². The number of esters is 1. The zero-order valence-electron chi connectivity index (χ0n) is 19.9. The van der Waals surface area contributed by atoms with Crippen LogP contribution >= 0.6 is 11.6 Å². The summed E-state index contributed by atoms with van der Waals surface area (Å²) in [4.78, 5) is 53.0. The molecule has 3 aromatic rings. The molecule has 7 nitrogen and oxygen atoms in total. The van der Waals surface area contributed by atoms with Crippen molar-refractivity contribution in [1.82, 2.24) is 4.90 Å². The highest BCUT2D eigenvalue weighted by molar-refractivity contribution is 6.31. The number of benzene rings is 3. The van der Waals surface area contributed by atoms with Gasteiger partial charge in [0, 0.05) is 22.5 Å². The number of carbonyl (C=O) groups excluding carboxylic acids is 4. The van der Waals surface area contributed by atoms with E-state index in [1.165, 1.54) is 0 Å².